The second-order valence-electron chi connectivity index (χ2n) is 6.00. The number of esters is 1. The van der Waals surface area contributed by atoms with Gasteiger partial charge in [-0.05, 0) is 42.5 Å². The van der Waals surface area contributed by atoms with Crippen molar-refractivity contribution >= 4 is 40.8 Å². The van der Waals surface area contributed by atoms with E-state index in [0.717, 1.165) is 0 Å². The zero-order valence-electron chi connectivity index (χ0n) is 15.9. The van der Waals surface area contributed by atoms with Crippen LogP contribution in [0.3, 0.4) is 0 Å². The van der Waals surface area contributed by atoms with Gasteiger partial charge in [-0.1, -0.05) is 47.5 Å². The highest BCUT2D eigenvalue weighted by Crippen LogP contribution is 2.36. The minimum Gasteiger partial charge on any atom is -0.480 e. The number of hydrogen-bond acceptors (Lipinski definition) is 5. The van der Waals surface area contributed by atoms with Crippen LogP contribution in [0.25, 0.3) is 0 Å². The van der Waals surface area contributed by atoms with Gasteiger partial charge in [-0.2, -0.15) is 0 Å². The van der Waals surface area contributed by atoms with Crippen molar-refractivity contribution in [2.24, 2.45) is 0 Å². The van der Waals surface area contributed by atoms with Crippen LogP contribution in [0.4, 0.5) is 5.69 Å². The summed E-state index contributed by atoms with van der Waals surface area (Å²) in [6.07, 6.45) is 0. The molecule has 0 saturated carbocycles. The molecule has 154 valence electrons. The summed E-state index contributed by atoms with van der Waals surface area (Å²) in [4.78, 5) is 24.2. The molecule has 3 aromatic carbocycles. The van der Waals surface area contributed by atoms with Gasteiger partial charge in [-0.25, -0.2) is 4.79 Å². The quantitative estimate of drug-likeness (QED) is 0.479. The highest BCUT2D eigenvalue weighted by molar-refractivity contribution is 6.35. The molecule has 1 amide bonds. The van der Waals surface area contributed by atoms with Gasteiger partial charge in [0.2, 0.25) is 0 Å². The number of carbonyl (C=O) groups is 2. The molecule has 0 spiro atoms. The molecule has 0 aliphatic heterocycles. The number of para-hydroxylation sites is 3. The fourth-order valence-corrected chi connectivity index (χ4v) is 2.99. The first-order chi connectivity index (χ1) is 14.5. The number of hydrogen-bond donors (Lipinski definition) is 1. The molecule has 0 unspecified atom stereocenters. The number of carbonyl (C=O) groups excluding carboxylic acids is 2. The van der Waals surface area contributed by atoms with Crippen LogP contribution in [0.1, 0.15) is 10.4 Å². The van der Waals surface area contributed by atoms with Crippen molar-refractivity contribution in [3.63, 3.8) is 0 Å². The van der Waals surface area contributed by atoms with Crippen molar-refractivity contribution < 1.29 is 23.8 Å². The molecule has 6 nitrogen and oxygen atoms in total. The maximum absolute atomic E-state index is 12.3. The summed E-state index contributed by atoms with van der Waals surface area (Å²) in [6.45, 7) is -0.301. The Bertz CT molecular complexity index is 1070. The lowest BCUT2D eigenvalue weighted by Gasteiger charge is -2.14. The highest BCUT2D eigenvalue weighted by atomic mass is 35.5. The van der Waals surface area contributed by atoms with Crippen molar-refractivity contribution in [3.8, 4) is 17.2 Å². The van der Waals surface area contributed by atoms with Crippen LogP contribution in [-0.2, 0) is 9.53 Å². The Labute approximate surface area is 183 Å². The van der Waals surface area contributed by atoms with E-state index in [1.165, 1.54) is 7.11 Å². The summed E-state index contributed by atoms with van der Waals surface area (Å²) in [5, 5.41) is 3.47. The molecular formula is C22H17Cl2NO5. The van der Waals surface area contributed by atoms with E-state index in [9.17, 15) is 9.59 Å². The molecular weight excluding hydrogens is 429 g/mol. The van der Waals surface area contributed by atoms with Gasteiger partial charge >= 0.3 is 5.97 Å². The molecule has 30 heavy (non-hydrogen) atoms. The van der Waals surface area contributed by atoms with Gasteiger partial charge in [0.1, 0.15) is 5.75 Å². The summed E-state index contributed by atoms with van der Waals surface area (Å²) < 4.78 is 16.1. The second-order valence-corrected chi connectivity index (χ2v) is 6.84. The van der Waals surface area contributed by atoms with Crippen LogP contribution in [-0.4, -0.2) is 25.6 Å². The van der Waals surface area contributed by atoms with Crippen LogP contribution in [0, 0.1) is 0 Å². The SMILES string of the molecule is COC(=O)c1ccccc1NC(=O)COc1ccccc1Oc1ccc(Cl)cc1Cl. The number of amides is 1. The van der Waals surface area contributed by atoms with Crippen molar-refractivity contribution in [3.05, 3.63) is 82.3 Å². The average molecular weight is 446 g/mol. The minimum atomic E-state index is -0.551. The van der Waals surface area contributed by atoms with Crippen molar-refractivity contribution in [2.75, 3.05) is 19.0 Å². The molecule has 0 aromatic heterocycles. The van der Waals surface area contributed by atoms with Gasteiger partial charge < -0.3 is 19.5 Å². The molecule has 0 heterocycles. The normalized spacial score (nSPS) is 10.2. The Hall–Kier alpha value is -3.22. The molecule has 0 aliphatic rings. The zero-order chi connectivity index (χ0) is 21.5. The third-order valence-electron chi connectivity index (χ3n) is 3.93. The molecule has 3 aromatic rings. The van der Waals surface area contributed by atoms with E-state index < -0.39 is 11.9 Å². The minimum absolute atomic E-state index is 0.245. The molecule has 0 saturated heterocycles. The molecule has 8 heteroatoms. The molecule has 0 bridgehead atoms. The Morgan fingerprint density at radius 2 is 1.60 bits per heavy atom. The smallest absolute Gasteiger partial charge is 0.339 e. The van der Waals surface area contributed by atoms with Gasteiger partial charge in [0.15, 0.2) is 18.1 Å². The lowest BCUT2D eigenvalue weighted by atomic mass is 10.2. The van der Waals surface area contributed by atoms with Crippen LogP contribution >= 0.6 is 23.2 Å². The highest BCUT2D eigenvalue weighted by Gasteiger charge is 2.15. The summed E-state index contributed by atoms with van der Waals surface area (Å²) >= 11 is 12.1. The van der Waals surface area contributed by atoms with E-state index in [2.05, 4.69) is 5.32 Å². The Kier molecular flexibility index (Phi) is 7.17. The Balaban J connectivity index is 1.68. The number of ether oxygens (including phenoxy) is 3. The van der Waals surface area contributed by atoms with Crippen LogP contribution < -0.4 is 14.8 Å². The summed E-state index contributed by atoms with van der Waals surface area (Å²) in [5.74, 6) is 0.120. The van der Waals surface area contributed by atoms with Gasteiger partial charge in [0.05, 0.1) is 23.4 Å². The first kappa shape index (κ1) is 21.5. The van der Waals surface area contributed by atoms with Crippen molar-refractivity contribution in [2.45, 2.75) is 0 Å². The topological polar surface area (TPSA) is 73.9 Å². The second kappa shape index (κ2) is 10.0. The fourth-order valence-electron chi connectivity index (χ4n) is 2.54. The number of rotatable bonds is 7. The third-order valence-corrected chi connectivity index (χ3v) is 4.46. The maximum atomic E-state index is 12.3. The monoisotopic (exact) mass is 445 g/mol. The third kappa shape index (κ3) is 5.43. The molecule has 1 N–H and O–H groups in total. The first-order valence-electron chi connectivity index (χ1n) is 8.80. The number of methoxy groups -OCH3 is 1. The molecule has 0 radical (unpaired) electrons. The largest absolute Gasteiger partial charge is 0.480 e. The fraction of sp³-hybridized carbons (Fsp3) is 0.0909. The van der Waals surface area contributed by atoms with E-state index in [1.54, 1.807) is 66.7 Å². The number of anilines is 1. The molecule has 0 atom stereocenters. The molecule has 0 aliphatic carbocycles. The van der Waals surface area contributed by atoms with Gasteiger partial charge in [-0.15, -0.1) is 0 Å². The predicted molar refractivity (Wildman–Crippen MR) is 115 cm³/mol. The number of nitrogens with one attached hydrogen (secondary N) is 1. The predicted octanol–water partition coefficient (Wildman–Crippen LogP) is 5.59. The molecule has 3 rings (SSSR count). The van der Waals surface area contributed by atoms with Gasteiger partial charge in [-0.3, -0.25) is 4.79 Å². The van der Waals surface area contributed by atoms with Crippen molar-refractivity contribution in [1.82, 2.24) is 0 Å². The summed E-state index contributed by atoms with van der Waals surface area (Å²) in [7, 11) is 1.27. The maximum Gasteiger partial charge on any atom is 0.339 e. The van der Waals surface area contributed by atoms with E-state index in [4.69, 9.17) is 37.4 Å². The van der Waals surface area contributed by atoms with Gasteiger partial charge in [0.25, 0.3) is 5.91 Å². The lowest BCUT2D eigenvalue weighted by molar-refractivity contribution is -0.118. The number of halogens is 2. The van der Waals surface area contributed by atoms with Gasteiger partial charge in [0, 0.05) is 5.02 Å². The standard InChI is InChI=1S/C22H17Cl2NO5/c1-28-22(27)15-6-2-3-7-17(15)25-21(26)13-29-19-8-4-5-9-20(19)30-18-11-10-14(23)12-16(18)24/h2-12H,13H2,1H3,(H,25,26). The molecule has 0 fully saturated rings. The zero-order valence-corrected chi connectivity index (χ0v) is 17.4. The summed E-state index contributed by atoms with van der Waals surface area (Å²) in [5.41, 5.74) is 0.574. The van der Waals surface area contributed by atoms with E-state index in [-0.39, 0.29) is 12.2 Å². The van der Waals surface area contributed by atoms with Crippen LogP contribution in [0.2, 0.25) is 10.0 Å². The lowest BCUT2D eigenvalue weighted by Crippen LogP contribution is -2.21. The van der Waals surface area contributed by atoms with Crippen LogP contribution in [0.15, 0.2) is 66.7 Å². The Morgan fingerprint density at radius 3 is 2.33 bits per heavy atom. The average Bonchev–Trinajstić information content (AvgIpc) is 2.75. The van der Waals surface area contributed by atoms with E-state index in [0.29, 0.717) is 33.0 Å². The summed E-state index contributed by atoms with van der Waals surface area (Å²) in [6, 6.07) is 18.2. The number of benzene rings is 3. The first-order valence-corrected chi connectivity index (χ1v) is 9.55. The Morgan fingerprint density at radius 1 is 0.900 bits per heavy atom. The van der Waals surface area contributed by atoms with E-state index >= 15 is 0 Å². The van der Waals surface area contributed by atoms with E-state index in [1.807, 2.05) is 0 Å². The van der Waals surface area contributed by atoms with Crippen molar-refractivity contribution in [1.29, 1.82) is 0 Å². The van der Waals surface area contributed by atoms with Crippen LogP contribution in [0.5, 0.6) is 17.2 Å².